The molecule has 0 fully saturated rings. The van der Waals surface area contributed by atoms with E-state index in [4.69, 9.17) is 14.2 Å². The van der Waals surface area contributed by atoms with Gasteiger partial charge in [-0.05, 0) is 37.5 Å². The second-order valence-corrected chi connectivity index (χ2v) is 9.02. The van der Waals surface area contributed by atoms with Gasteiger partial charge in [0.1, 0.15) is 18.5 Å². The number of amides is 2. The van der Waals surface area contributed by atoms with Crippen molar-refractivity contribution in [2.24, 2.45) is 0 Å². The Morgan fingerprint density at radius 3 is 2.70 bits per heavy atom. The van der Waals surface area contributed by atoms with Gasteiger partial charge in [0.05, 0.1) is 32.3 Å². The maximum Gasteiger partial charge on any atom is 0.247 e. The summed E-state index contributed by atoms with van der Waals surface area (Å²) in [6, 6.07) is 2.28. The van der Waals surface area contributed by atoms with Crippen molar-refractivity contribution >= 4 is 18.1 Å². The van der Waals surface area contributed by atoms with Gasteiger partial charge in [0.15, 0.2) is 11.5 Å². The largest absolute Gasteiger partial charge is 0.493 e. The molecule has 1 aromatic carbocycles. The molecule has 4 atom stereocenters. The second kappa shape index (κ2) is 13.4. The summed E-state index contributed by atoms with van der Waals surface area (Å²) in [6.45, 7) is 3.94. The molecule has 3 rings (SSSR count). The lowest BCUT2D eigenvalue weighted by molar-refractivity contribution is -0.138. The topological polar surface area (TPSA) is 135 Å². The summed E-state index contributed by atoms with van der Waals surface area (Å²) in [7, 11) is 2.97. The molecule has 0 radical (unpaired) electrons. The summed E-state index contributed by atoms with van der Waals surface area (Å²) >= 11 is 0. The number of benzene rings is 1. The molecular formula is C27H36N2O8. The first-order chi connectivity index (χ1) is 17.9. The zero-order valence-corrected chi connectivity index (χ0v) is 21.4. The number of nitrogens with one attached hydrogen (secondary N) is 1. The molecule has 0 bridgehead atoms. The van der Waals surface area contributed by atoms with Gasteiger partial charge in [0, 0.05) is 43.3 Å². The fraction of sp³-hybridized carbons (Fsp3) is 0.519. The average molecular weight is 517 g/mol. The van der Waals surface area contributed by atoms with Crippen LogP contribution in [0.3, 0.4) is 0 Å². The number of rotatable bonds is 14. The Morgan fingerprint density at radius 1 is 1.27 bits per heavy atom. The number of aldehydes is 1. The Balaban J connectivity index is 2.04. The van der Waals surface area contributed by atoms with Crippen molar-refractivity contribution in [1.29, 1.82) is 0 Å². The first-order valence-electron chi connectivity index (χ1n) is 12.4. The molecule has 3 N–H and O–H groups in total. The SMILES string of the molecule is C=CCCCCC(=O)N(CCOC)[C@@H]1C=C(C(=O)NCCO)[C@@H]2c3cc(C=O)cc(OC)c3O[C@@H]2[C@H]1O. The third kappa shape index (κ3) is 6.20. The van der Waals surface area contributed by atoms with Crippen LogP contribution in [0.5, 0.6) is 11.5 Å². The first kappa shape index (κ1) is 28.4. The molecule has 10 heteroatoms. The number of nitrogens with zero attached hydrogens (tertiary/aromatic N) is 1. The van der Waals surface area contributed by atoms with E-state index in [1.807, 2.05) is 0 Å². The van der Waals surface area contributed by atoms with Gasteiger partial charge in [-0.25, -0.2) is 0 Å². The fourth-order valence-corrected chi connectivity index (χ4v) is 4.90. The van der Waals surface area contributed by atoms with Gasteiger partial charge in [-0.15, -0.1) is 6.58 Å². The summed E-state index contributed by atoms with van der Waals surface area (Å²) in [5.74, 6) is -0.699. The quantitative estimate of drug-likeness (QED) is 0.192. The number of hydrogen-bond acceptors (Lipinski definition) is 8. The Labute approximate surface area is 216 Å². The first-order valence-corrected chi connectivity index (χ1v) is 12.4. The van der Waals surface area contributed by atoms with E-state index in [1.165, 1.54) is 25.2 Å². The van der Waals surface area contributed by atoms with Crippen molar-refractivity contribution in [1.82, 2.24) is 10.2 Å². The number of ether oxygens (including phenoxy) is 3. The molecule has 0 spiro atoms. The fourth-order valence-electron chi connectivity index (χ4n) is 4.90. The van der Waals surface area contributed by atoms with Gasteiger partial charge in [0.25, 0.3) is 0 Å². The molecule has 202 valence electrons. The minimum atomic E-state index is -1.18. The van der Waals surface area contributed by atoms with Crippen LogP contribution >= 0.6 is 0 Å². The Morgan fingerprint density at radius 2 is 2.05 bits per heavy atom. The van der Waals surface area contributed by atoms with E-state index in [1.54, 1.807) is 18.2 Å². The molecule has 0 unspecified atom stereocenters. The molecule has 1 heterocycles. The number of allylic oxidation sites excluding steroid dienone is 1. The van der Waals surface area contributed by atoms with Crippen LogP contribution in [0.4, 0.5) is 0 Å². The van der Waals surface area contributed by atoms with Gasteiger partial charge < -0.3 is 34.6 Å². The molecular weight excluding hydrogens is 480 g/mol. The lowest BCUT2D eigenvalue weighted by Gasteiger charge is -2.40. The summed E-state index contributed by atoms with van der Waals surface area (Å²) in [5.41, 5.74) is 1.15. The van der Waals surface area contributed by atoms with Gasteiger partial charge in [-0.3, -0.25) is 14.4 Å². The molecule has 0 aromatic heterocycles. The van der Waals surface area contributed by atoms with Gasteiger partial charge >= 0.3 is 0 Å². The second-order valence-electron chi connectivity index (χ2n) is 9.02. The molecule has 0 saturated heterocycles. The number of unbranched alkanes of at least 4 members (excludes halogenated alkanes) is 2. The highest BCUT2D eigenvalue weighted by molar-refractivity contribution is 5.96. The van der Waals surface area contributed by atoms with E-state index in [9.17, 15) is 24.6 Å². The van der Waals surface area contributed by atoms with Crippen LogP contribution < -0.4 is 14.8 Å². The number of hydrogen-bond donors (Lipinski definition) is 3. The van der Waals surface area contributed by atoms with Crippen LogP contribution in [0.15, 0.2) is 36.4 Å². The zero-order chi connectivity index (χ0) is 26.9. The molecule has 37 heavy (non-hydrogen) atoms. The highest BCUT2D eigenvalue weighted by atomic mass is 16.5. The van der Waals surface area contributed by atoms with Crippen LogP contribution in [0.25, 0.3) is 0 Å². The standard InChI is InChI=1S/C27H36N2O8/c1-4-5-6-7-8-22(32)29(10-12-35-2)20-15-19(27(34)28-9-11-30)23-18-13-17(16-31)14-21(36-3)25(18)37-26(23)24(20)33/h4,13-16,20,23-24,26,30,33H,1,5-12H2,2-3H3,(H,28,34)/t20-,23+,24+,26+/m1/s1. The highest BCUT2D eigenvalue weighted by Gasteiger charge is 2.51. The van der Waals surface area contributed by atoms with Crippen molar-refractivity contribution < 1.29 is 38.8 Å². The van der Waals surface area contributed by atoms with Crippen LogP contribution in [-0.4, -0.2) is 92.0 Å². The minimum absolute atomic E-state index is 0.0296. The molecule has 2 amide bonds. The lowest BCUT2D eigenvalue weighted by atomic mass is 9.77. The van der Waals surface area contributed by atoms with Crippen molar-refractivity contribution in [2.75, 3.05) is 40.5 Å². The highest BCUT2D eigenvalue weighted by Crippen LogP contribution is 2.51. The van der Waals surface area contributed by atoms with E-state index in [2.05, 4.69) is 11.9 Å². The van der Waals surface area contributed by atoms with Crippen LogP contribution in [0.1, 0.15) is 47.5 Å². The summed E-state index contributed by atoms with van der Waals surface area (Å²) in [6.07, 6.45) is 4.52. The van der Waals surface area contributed by atoms with Gasteiger partial charge in [0.2, 0.25) is 11.8 Å². The van der Waals surface area contributed by atoms with Crippen LogP contribution in [0.2, 0.25) is 0 Å². The van der Waals surface area contributed by atoms with E-state index in [0.29, 0.717) is 35.3 Å². The van der Waals surface area contributed by atoms with Gasteiger partial charge in [-0.1, -0.05) is 6.08 Å². The average Bonchev–Trinajstić information content (AvgIpc) is 3.30. The predicted molar refractivity (Wildman–Crippen MR) is 136 cm³/mol. The molecule has 0 saturated carbocycles. The number of carbonyl (C=O) groups excluding carboxylic acids is 3. The summed E-state index contributed by atoms with van der Waals surface area (Å²) < 4.78 is 16.8. The molecule has 1 aliphatic heterocycles. The molecule has 2 aliphatic rings. The normalized spacial score (nSPS) is 21.7. The third-order valence-corrected chi connectivity index (χ3v) is 6.68. The van der Waals surface area contributed by atoms with E-state index in [0.717, 1.165) is 12.8 Å². The van der Waals surface area contributed by atoms with Crippen molar-refractivity contribution in [3.8, 4) is 11.5 Å². The number of fused-ring (bicyclic) bond motifs is 3. The molecule has 1 aliphatic carbocycles. The number of aliphatic hydroxyl groups excluding tert-OH is 2. The zero-order valence-electron chi connectivity index (χ0n) is 21.4. The smallest absolute Gasteiger partial charge is 0.247 e. The summed E-state index contributed by atoms with van der Waals surface area (Å²) in [5, 5.41) is 23.4. The maximum absolute atomic E-state index is 13.3. The van der Waals surface area contributed by atoms with Crippen molar-refractivity contribution in [3.05, 3.63) is 47.6 Å². The van der Waals surface area contributed by atoms with Crippen molar-refractivity contribution in [2.45, 2.75) is 49.9 Å². The van der Waals surface area contributed by atoms with Crippen LogP contribution in [0, 0.1) is 0 Å². The van der Waals surface area contributed by atoms with E-state index >= 15 is 0 Å². The lowest BCUT2D eigenvalue weighted by Crippen LogP contribution is -2.56. The summed E-state index contributed by atoms with van der Waals surface area (Å²) in [4.78, 5) is 39.6. The molecule has 10 nitrogen and oxygen atoms in total. The van der Waals surface area contributed by atoms with E-state index in [-0.39, 0.29) is 44.2 Å². The van der Waals surface area contributed by atoms with Crippen LogP contribution in [-0.2, 0) is 14.3 Å². The molecule has 1 aromatic rings. The number of carbonyl (C=O) groups is 3. The monoisotopic (exact) mass is 516 g/mol. The Hall–Kier alpha value is -3.21. The Bertz CT molecular complexity index is 1020. The van der Waals surface area contributed by atoms with Crippen molar-refractivity contribution in [3.63, 3.8) is 0 Å². The number of aliphatic hydroxyl groups is 2. The van der Waals surface area contributed by atoms with Gasteiger partial charge in [-0.2, -0.15) is 0 Å². The van der Waals surface area contributed by atoms with E-state index < -0.39 is 30.1 Å². The predicted octanol–water partition coefficient (Wildman–Crippen LogP) is 1.35. The minimum Gasteiger partial charge on any atom is -0.493 e. The Kier molecular flexibility index (Phi) is 10.2. The maximum atomic E-state index is 13.3. The third-order valence-electron chi connectivity index (χ3n) is 6.68. The number of methoxy groups -OCH3 is 2.